The van der Waals surface area contributed by atoms with E-state index in [0.29, 0.717) is 5.56 Å². The molecule has 0 spiro atoms. The fourth-order valence-corrected chi connectivity index (χ4v) is 4.95. The van der Waals surface area contributed by atoms with E-state index in [9.17, 15) is 24.6 Å². The molecule has 2 aliphatic rings. The monoisotopic (exact) mass is 521 g/mol. The van der Waals surface area contributed by atoms with Crippen LogP contribution in [0.2, 0.25) is 0 Å². The summed E-state index contributed by atoms with van der Waals surface area (Å²) >= 11 is 0. The zero-order valence-electron chi connectivity index (χ0n) is 21.7. The van der Waals surface area contributed by atoms with Crippen molar-refractivity contribution in [3.05, 3.63) is 77.4 Å². The largest absolute Gasteiger partial charge is 0.508 e. The van der Waals surface area contributed by atoms with Crippen molar-refractivity contribution in [2.75, 3.05) is 6.73 Å². The third kappa shape index (κ3) is 6.23. The van der Waals surface area contributed by atoms with Gasteiger partial charge in [-0.1, -0.05) is 48.6 Å². The molecule has 5 atom stereocenters. The summed E-state index contributed by atoms with van der Waals surface area (Å²) in [4.78, 5) is 41.1. The molecule has 1 fully saturated rings. The van der Waals surface area contributed by atoms with Crippen LogP contribution in [0.1, 0.15) is 47.7 Å². The van der Waals surface area contributed by atoms with E-state index >= 15 is 0 Å². The third-order valence-electron chi connectivity index (χ3n) is 7.19. The Morgan fingerprint density at radius 2 is 1.89 bits per heavy atom. The van der Waals surface area contributed by atoms with Gasteiger partial charge in [0, 0.05) is 17.2 Å². The van der Waals surface area contributed by atoms with Crippen LogP contribution < -0.4 is 10.6 Å². The molecule has 0 bridgehead atoms. The van der Waals surface area contributed by atoms with Gasteiger partial charge in [-0.05, 0) is 57.2 Å². The van der Waals surface area contributed by atoms with Gasteiger partial charge in [0.05, 0.1) is 12.1 Å². The molecule has 3 amide bonds. The van der Waals surface area contributed by atoms with Crippen LogP contribution in [0.5, 0.6) is 5.75 Å². The zero-order chi connectivity index (χ0) is 27.2. The number of aliphatic hydroxyl groups excluding tert-OH is 1. The number of hydrogen-bond acceptors (Lipinski definition) is 6. The van der Waals surface area contributed by atoms with Crippen LogP contribution in [-0.4, -0.2) is 69.9 Å². The first-order chi connectivity index (χ1) is 18.3. The number of nitrogens with one attached hydrogen (secondary N) is 2. The normalized spacial score (nSPS) is 22.5. The fraction of sp³-hybridized carbons (Fsp3) is 0.414. The summed E-state index contributed by atoms with van der Waals surface area (Å²) in [6, 6.07) is 11.8. The number of allylic oxidation sites excluding steroid dienone is 1. The van der Waals surface area contributed by atoms with Crippen LogP contribution in [0.4, 0.5) is 0 Å². The maximum Gasteiger partial charge on any atom is 0.256 e. The van der Waals surface area contributed by atoms with Gasteiger partial charge in [0.15, 0.2) is 6.10 Å². The van der Waals surface area contributed by atoms with E-state index in [2.05, 4.69) is 10.6 Å². The lowest BCUT2D eigenvalue weighted by molar-refractivity contribution is -0.147. The predicted molar refractivity (Wildman–Crippen MR) is 141 cm³/mol. The minimum absolute atomic E-state index is 0.0289. The van der Waals surface area contributed by atoms with E-state index in [-0.39, 0.29) is 36.4 Å². The molecular weight excluding hydrogens is 486 g/mol. The number of aromatic hydroxyl groups is 1. The van der Waals surface area contributed by atoms with Gasteiger partial charge in [-0.15, -0.1) is 0 Å². The van der Waals surface area contributed by atoms with Gasteiger partial charge in [0.2, 0.25) is 5.91 Å². The Kier molecular flexibility index (Phi) is 8.81. The molecule has 202 valence electrons. The van der Waals surface area contributed by atoms with E-state index in [0.717, 1.165) is 24.8 Å². The molecule has 0 aromatic heterocycles. The number of aliphatic hydroxyl groups is 1. The van der Waals surface area contributed by atoms with Crippen LogP contribution in [0.25, 0.3) is 0 Å². The zero-order valence-corrected chi connectivity index (χ0v) is 21.7. The number of benzene rings is 2. The standard InChI is InChI=1S/C29H35N3O6/c1-18-22(14-9-15-24(18)33)27(35)31-23(16-20-10-5-3-6-11-20)26(34)29(37)32-17-38-19(2)25(32)28(36)30-21-12-7-4-8-13-21/h3,5-7,9-12,14-15,19,21,23,25-26,33-34H,4,8,13,16-17H2,1-2H3,(H,30,36)(H,31,35)/t19-,21+,23-,25?,26-/m0/s1. The van der Waals surface area contributed by atoms with E-state index in [1.807, 2.05) is 42.5 Å². The summed E-state index contributed by atoms with van der Waals surface area (Å²) in [5, 5.41) is 27.1. The van der Waals surface area contributed by atoms with E-state index in [4.69, 9.17) is 4.74 Å². The van der Waals surface area contributed by atoms with Crippen LogP contribution in [0, 0.1) is 6.92 Å². The smallest absolute Gasteiger partial charge is 0.256 e. The van der Waals surface area contributed by atoms with Crippen LogP contribution >= 0.6 is 0 Å². The Labute approximate surface area is 222 Å². The number of phenolic OH excluding ortho intramolecular Hbond substituents is 1. The minimum atomic E-state index is -1.64. The Balaban J connectivity index is 1.54. The number of phenols is 1. The molecule has 38 heavy (non-hydrogen) atoms. The molecule has 2 aromatic carbocycles. The van der Waals surface area contributed by atoms with E-state index in [1.54, 1.807) is 26.0 Å². The van der Waals surface area contributed by atoms with Crippen molar-refractivity contribution in [3.8, 4) is 5.75 Å². The highest BCUT2D eigenvalue weighted by molar-refractivity contribution is 5.97. The van der Waals surface area contributed by atoms with Crippen LogP contribution in [0.15, 0.2) is 60.7 Å². The van der Waals surface area contributed by atoms with E-state index in [1.165, 1.54) is 11.0 Å². The Bertz CT molecular complexity index is 1180. The van der Waals surface area contributed by atoms with Gasteiger partial charge in [-0.2, -0.15) is 0 Å². The third-order valence-corrected chi connectivity index (χ3v) is 7.19. The SMILES string of the molecule is Cc1c(O)cccc1C(=O)N[C@@H](Cc1ccccc1)[C@H](O)C(=O)N1CO[C@@H](C)C1C(=O)N[C@@H]1C=CCCC1. The van der Waals surface area contributed by atoms with Gasteiger partial charge in [0.25, 0.3) is 11.8 Å². The lowest BCUT2D eigenvalue weighted by Crippen LogP contribution is -2.57. The number of hydrogen-bond donors (Lipinski definition) is 4. The highest BCUT2D eigenvalue weighted by Gasteiger charge is 2.44. The lowest BCUT2D eigenvalue weighted by Gasteiger charge is -2.31. The maximum atomic E-state index is 13.6. The minimum Gasteiger partial charge on any atom is -0.508 e. The Morgan fingerprint density at radius 1 is 1.13 bits per heavy atom. The molecule has 4 rings (SSSR count). The molecule has 9 heteroatoms. The molecule has 4 N–H and O–H groups in total. The molecule has 1 heterocycles. The summed E-state index contributed by atoms with van der Waals surface area (Å²) < 4.78 is 5.64. The molecule has 0 radical (unpaired) electrons. The first kappa shape index (κ1) is 27.3. The Hall–Kier alpha value is -3.69. The van der Waals surface area contributed by atoms with Crippen molar-refractivity contribution in [1.82, 2.24) is 15.5 Å². The van der Waals surface area contributed by atoms with E-state index < -0.39 is 36.1 Å². The topological polar surface area (TPSA) is 128 Å². The first-order valence-corrected chi connectivity index (χ1v) is 13.0. The number of carbonyl (C=O) groups excluding carboxylic acids is 3. The summed E-state index contributed by atoms with van der Waals surface area (Å²) in [6.45, 7) is 3.19. The van der Waals surface area contributed by atoms with Gasteiger partial charge in [-0.3, -0.25) is 14.4 Å². The molecule has 1 saturated heterocycles. The van der Waals surface area contributed by atoms with Gasteiger partial charge in [0.1, 0.15) is 18.5 Å². The van der Waals surface area contributed by atoms with Gasteiger partial charge in [-0.25, -0.2) is 0 Å². The molecule has 0 saturated carbocycles. The molecule has 2 aromatic rings. The number of nitrogens with zero attached hydrogens (tertiary/aromatic N) is 1. The van der Waals surface area contributed by atoms with Crippen molar-refractivity contribution in [3.63, 3.8) is 0 Å². The molecule has 9 nitrogen and oxygen atoms in total. The summed E-state index contributed by atoms with van der Waals surface area (Å²) in [6.07, 6.45) is 4.72. The second kappa shape index (κ2) is 12.2. The maximum absolute atomic E-state index is 13.6. The molecule has 1 aliphatic heterocycles. The summed E-state index contributed by atoms with van der Waals surface area (Å²) in [7, 11) is 0. The number of carbonyl (C=O) groups is 3. The molecule has 1 aliphatic carbocycles. The Morgan fingerprint density at radius 3 is 2.61 bits per heavy atom. The van der Waals surface area contributed by atoms with Gasteiger partial charge < -0.3 is 30.5 Å². The van der Waals surface area contributed by atoms with Crippen molar-refractivity contribution in [1.29, 1.82) is 0 Å². The first-order valence-electron chi connectivity index (χ1n) is 13.0. The predicted octanol–water partition coefficient (Wildman–Crippen LogP) is 2.20. The average Bonchev–Trinajstić information content (AvgIpc) is 3.31. The number of ether oxygens (including phenoxy) is 1. The second-order valence-electron chi connectivity index (χ2n) is 9.89. The molecular formula is C29H35N3O6. The van der Waals surface area contributed by atoms with Crippen molar-refractivity contribution in [2.24, 2.45) is 0 Å². The number of rotatable bonds is 8. The fourth-order valence-electron chi connectivity index (χ4n) is 4.95. The second-order valence-corrected chi connectivity index (χ2v) is 9.89. The molecule has 1 unspecified atom stereocenters. The summed E-state index contributed by atoms with van der Waals surface area (Å²) in [5.41, 5.74) is 1.43. The average molecular weight is 522 g/mol. The van der Waals surface area contributed by atoms with Crippen molar-refractivity contribution in [2.45, 2.75) is 69.9 Å². The van der Waals surface area contributed by atoms with Crippen molar-refractivity contribution >= 4 is 17.7 Å². The van der Waals surface area contributed by atoms with Crippen LogP contribution in [-0.2, 0) is 20.7 Å². The highest BCUT2D eigenvalue weighted by Crippen LogP contribution is 2.23. The van der Waals surface area contributed by atoms with Crippen molar-refractivity contribution < 1.29 is 29.3 Å². The highest BCUT2D eigenvalue weighted by atomic mass is 16.5. The van der Waals surface area contributed by atoms with Crippen LogP contribution in [0.3, 0.4) is 0 Å². The number of amides is 3. The quantitative estimate of drug-likeness (QED) is 0.395. The van der Waals surface area contributed by atoms with Gasteiger partial charge >= 0.3 is 0 Å². The lowest BCUT2D eigenvalue weighted by atomic mass is 9.98. The summed E-state index contributed by atoms with van der Waals surface area (Å²) in [5.74, 6) is -1.61.